The third kappa shape index (κ3) is 6.25. The number of ether oxygens (including phenoxy) is 4. The van der Waals surface area contributed by atoms with E-state index >= 15 is 0 Å². The molecule has 0 heterocycles. The van der Waals surface area contributed by atoms with Crippen LogP contribution in [0.5, 0.6) is 11.5 Å². The molecule has 0 atom stereocenters. The minimum absolute atomic E-state index is 0.0864. The molecule has 0 N–H and O–H groups in total. The van der Waals surface area contributed by atoms with Gasteiger partial charge in [-0.2, -0.15) is 0 Å². The zero-order valence-electron chi connectivity index (χ0n) is 13.5. The van der Waals surface area contributed by atoms with Crippen molar-refractivity contribution in [2.24, 2.45) is 0 Å². The second-order valence-electron chi connectivity index (χ2n) is 4.52. The molecule has 0 saturated heterocycles. The smallest absolute Gasteiger partial charge is 0.333 e. The molecule has 0 aliphatic carbocycles. The molecule has 0 spiro atoms. The average molecular weight is 320 g/mol. The van der Waals surface area contributed by atoms with E-state index in [9.17, 15) is 9.59 Å². The van der Waals surface area contributed by atoms with Crippen LogP contribution >= 0.6 is 0 Å². The first-order valence-corrected chi connectivity index (χ1v) is 6.87. The standard InChI is InChI=1S/C17H20O6/c1-12(2)17(19)23-10-9-22-15-11-14(20-3)7-5-13(15)6-8-16(18)21-4/h5-8,11H,1,9-10H2,2-4H3/b8-6+. The van der Waals surface area contributed by atoms with Crippen LogP contribution in [0, 0.1) is 0 Å². The molecule has 6 nitrogen and oxygen atoms in total. The van der Waals surface area contributed by atoms with Gasteiger partial charge in [-0.1, -0.05) is 6.58 Å². The van der Waals surface area contributed by atoms with Crippen LogP contribution < -0.4 is 9.47 Å². The van der Waals surface area contributed by atoms with E-state index in [1.54, 1.807) is 31.2 Å². The molecular weight excluding hydrogens is 300 g/mol. The highest BCUT2D eigenvalue weighted by molar-refractivity contribution is 5.87. The summed E-state index contributed by atoms with van der Waals surface area (Å²) in [4.78, 5) is 22.5. The Labute approximate surface area is 135 Å². The van der Waals surface area contributed by atoms with E-state index in [1.165, 1.54) is 20.3 Å². The molecule has 124 valence electrons. The van der Waals surface area contributed by atoms with E-state index in [1.807, 2.05) is 0 Å². The zero-order valence-corrected chi connectivity index (χ0v) is 13.5. The minimum Gasteiger partial charge on any atom is -0.497 e. The molecule has 0 bridgehead atoms. The van der Waals surface area contributed by atoms with Gasteiger partial charge in [0.25, 0.3) is 0 Å². The maximum atomic E-state index is 11.3. The zero-order chi connectivity index (χ0) is 17.2. The summed E-state index contributed by atoms with van der Waals surface area (Å²) in [6, 6.07) is 5.16. The monoisotopic (exact) mass is 320 g/mol. The topological polar surface area (TPSA) is 71.1 Å². The molecule has 0 aliphatic rings. The quantitative estimate of drug-likeness (QED) is 0.416. The summed E-state index contributed by atoms with van der Waals surface area (Å²) >= 11 is 0. The van der Waals surface area contributed by atoms with Gasteiger partial charge in [0, 0.05) is 23.3 Å². The van der Waals surface area contributed by atoms with Gasteiger partial charge in [0.1, 0.15) is 24.7 Å². The van der Waals surface area contributed by atoms with Crippen LogP contribution in [0.3, 0.4) is 0 Å². The largest absolute Gasteiger partial charge is 0.497 e. The fourth-order valence-electron chi connectivity index (χ4n) is 1.54. The molecular formula is C17H20O6. The normalized spacial score (nSPS) is 10.2. The van der Waals surface area contributed by atoms with Crippen molar-refractivity contribution in [3.63, 3.8) is 0 Å². The summed E-state index contributed by atoms with van der Waals surface area (Å²) in [6.07, 6.45) is 2.86. The van der Waals surface area contributed by atoms with Crippen molar-refractivity contribution in [3.05, 3.63) is 42.0 Å². The Bertz CT molecular complexity index is 603. The lowest BCUT2D eigenvalue weighted by Gasteiger charge is -2.11. The van der Waals surface area contributed by atoms with Crippen LogP contribution in [-0.2, 0) is 19.1 Å². The highest BCUT2D eigenvalue weighted by atomic mass is 16.6. The number of hydrogen-bond donors (Lipinski definition) is 0. The van der Waals surface area contributed by atoms with Crippen molar-refractivity contribution in [3.8, 4) is 11.5 Å². The molecule has 0 aliphatic heterocycles. The number of methoxy groups -OCH3 is 2. The van der Waals surface area contributed by atoms with Gasteiger partial charge in [-0.15, -0.1) is 0 Å². The van der Waals surface area contributed by atoms with E-state index in [0.717, 1.165) is 0 Å². The summed E-state index contributed by atoms with van der Waals surface area (Å²) < 4.78 is 20.2. The van der Waals surface area contributed by atoms with Gasteiger partial charge in [-0.3, -0.25) is 0 Å². The molecule has 6 heteroatoms. The first-order valence-electron chi connectivity index (χ1n) is 6.87. The highest BCUT2D eigenvalue weighted by Gasteiger charge is 2.06. The molecule has 0 fully saturated rings. The third-order valence-electron chi connectivity index (χ3n) is 2.74. The summed E-state index contributed by atoms with van der Waals surface area (Å²) in [5, 5.41) is 0. The first-order chi connectivity index (χ1) is 11.0. The van der Waals surface area contributed by atoms with Gasteiger partial charge >= 0.3 is 11.9 Å². The number of carbonyl (C=O) groups is 2. The van der Waals surface area contributed by atoms with Crippen molar-refractivity contribution in [2.75, 3.05) is 27.4 Å². The first kappa shape index (κ1) is 18.3. The Hall–Kier alpha value is -2.76. The SMILES string of the molecule is C=C(C)C(=O)OCCOc1cc(OC)ccc1/C=C/C(=O)OC. The van der Waals surface area contributed by atoms with Gasteiger partial charge in [-0.25, -0.2) is 9.59 Å². The van der Waals surface area contributed by atoms with Crippen molar-refractivity contribution < 1.29 is 28.5 Å². The lowest BCUT2D eigenvalue weighted by Crippen LogP contribution is -2.12. The Kier molecular flexibility index (Phi) is 7.39. The lowest BCUT2D eigenvalue weighted by atomic mass is 10.1. The third-order valence-corrected chi connectivity index (χ3v) is 2.74. The lowest BCUT2D eigenvalue weighted by molar-refractivity contribution is -0.139. The van der Waals surface area contributed by atoms with Crippen LogP contribution in [0.2, 0.25) is 0 Å². The van der Waals surface area contributed by atoms with Gasteiger partial charge in [0.2, 0.25) is 0 Å². The van der Waals surface area contributed by atoms with Gasteiger partial charge in [0.05, 0.1) is 14.2 Å². The maximum Gasteiger partial charge on any atom is 0.333 e. The number of rotatable bonds is 8. The number of esters is 2. The van der Waals surface area contributed by atoms with Crippen molar-refractivity contribution >= 4 is 18.0 Å². The Morgan fingerprint density at radius 3 is 2.57 bits per heavy atom. The van der Waals surface area contributed by atoms with E-state index in [4.69, 9.17) is 14.2 Å². The number of hydrogen-bond acceptors (Lipinski definition) is 6. The summed E-state index contributed by atoms with van der Waals surface area (Å²) in [7, 11) is 2.84. The Balaban J connectivity index is 2.73. The van der Waals surface area contributed by atoms with E-state index in [0.29, 0.717) is 22.6 Å². The maximum absolute atomic E-state index is 11.3. The molecule has 1 aromatic carbocycles. The highest BCUT2D eigenvalue weighted by Crippen LogP contribution is 2.26. The average Bonchev–Trinajstić information content (AvgIpc) is 2.56. The van der Waals surface area contributed by atoms with Gasteiger partial charge in [-0.05, 0) is 25.1 Å². The van der Waals surface area contributed by atoms with Crippen LogP contribution in [0.4, 0.5) is 0 Å². The van der Waals surface area contributed by atoms with Gasteiger partial charge < -0.3 is 18.9 Å². The predicted octanol–water partition coefficient (Wildman–Crippen LogP) is 2.38. The molecule has 0 unspecified atom stereocenters. The Morgan fingerprint density at radius 2 is 1.96 bits per heavy atom. The summed E-state index contributed by atoms with van der Waals surface area (Å²) in [5.74, 6) is 0.164. The van der Waals surface area contributed by atoms with Crippen LogP contribution in [-0.4, -0.2) is 39.4 Å². The molecule has 1 aromatic rings. The van der Waals surface area contributed by atoms with E-state index in [-0.39, 0.29) is 13.2 Å². The molecule has 1 rings (SSSR count). The minimum atomic E-state index is -0.470. The molecule has 0 amide bonds. The van der Waals surface area contributed by atoms with E-state index < -0.39 is 11.9 Å². The van der Waals surface area contributed by atoms with Crippen LogP contribution in [0.25, 0.3) is 6.08 Å². The second-order valence-corrected chi connectivity index (χ2v) is 4.52. The second kappa shape index (κ2) is 9.30. The predicted molar refractivity (Wildman–Crippen MR) is 85.3 cm³/mol. The van der Waals surface area contributed by atoms with Gasteiger partial charge in [0.15, 0.2) is 0 Å². The fraction of sp³-hybridized carbons (Fsp3) is 0.294. The van der Waals surface area contributed by atoms with Crippen molar-refractivity contribution in [2.45, 2.75) is 6.92 Å². The van der Waals surface area contributed by atoms with Crippen molar-refractivity contribution in [1.82, 2.24) is 0 Å². The summed E-state index contributed by atoms with van der Waals surface area (Å²) in [5.41, 5.74) is 0.996. The van der Waals surface area contributed by atoms with E-state index in [2.05, 4.69) is 11.3 Å². The number of benzene rings is 1. The Morgan fingerprint density at radius 1 is 1.22 bits per heavy atom. The molecule has 0 saturated carbocycles. The van der Waals surface area contributed by atoms with Crippen LogP contribution in [0.1, 0.15) is 12.5 Å². The number of carbonyl (C=O) groups excluding carboxylic acids is 2. The molecule has 0 radical (unpaired) electrons. The fourth-order valence-corrected chi connectivity index (χ4v) is 1.54. The molecule has 23 heavy (non-hydrogen) atoms. The van der Waals surface area contributed by atoms with Crippen molar-refractivity contribution in [1.29, 1.82) is 0 Å². The summed E-state index contributed by atoms with van der Waals surface area (Å²) in [6.45, 7) is 5.31. The van der Waals surface area contributed by atoms with Crippen LogP contribution in [0.15, 0.2) is 36.4 Å². The molecule has 0 aromatic heterocycles.